The highest BCUT2D eigenvalue weighted by Gasteiger charge is 2.05. The summed E-state index contributed by atoms with van der Waals surface area (Å²) >= 11 is 0. The largest absolute Gasteiger partial charge is 0.489 e. The topological polar surface area (TPSA) is 107 Å². The average molecular weight is 287 g/mol. The highest BCUT2D eigenvalue weighted by molar-refractivity contribution is 5.93. The molecule has 0 saturated heterocycles. The number of nitro benzene ring substituents is 1. The van der Waals surface area contributed by atoms with Crippen LogP contribution in [0.3, 0.4) is 0 Å². The Morgan fingerprint density at radius 2 is 1.76 bits per heavy atom. The second-order valence-electron chi connectivity index (χ2n) is 4.21. The number of carbonyl (C=O) groups is 1. The number of rotatable bonds is 5. The van der Waals surface area contributed by atoms with Gasteiger partial charge < -0.3 is 4.74 Å². The Hall–Kier alpha value is -2.93. The number of hydrazine groups is 1. The second-order valence-corrected chi connectivity index (χ2v) is 4.21. The van der Waals surface area contributed by atoms with Crippen LogP contribution in [-0.2, 0) is 6.61 Å². The lowest BCUT2D eigenvalue weighted by Crippen LogP contribution is -2.29. The Morgan fingerprint density at radius 1 is 1.14 bits per heavy atom. The Balaban J connectivity index is 1.96. The molecular weight excluding hydrogens is 274 g/mol. The predicted octanol–water partition coefficient (Wildman–Crippen LogP) is 1.78. The van der Waals surface area contributed by atoms with Gasteiger partial charge in [0, 0.05) is 17.7 Å². The molecule has 0 fully saturated rings. The van der Waals surface area contributed by atoms with Crippen LogP contribution in [0.2, 0.25) is 0 Å². The molecule has 0 aliphatic rings. The molecule has 1 amide bonds. The molecule has 108 valence electrons. The number of hydrogen-bond acceptors (Lipinski definition) is 5. The molecule has 7 nitrogen and oxygen atoms in total. The number of ether oxygens (including phenoxy) is 1. The van der Waals surface area contributed by atoms with Crippen molar-refractivity contribution in [3.63, 3.8) is 0 Å². The van der Waals surface area contributed by atoms with E-state index in [9.17, 15) is 14.9 Å². The van der Waals surface area contributed by atoms with Gasteiger partial charge in [0.05, 0.1) is 4.92 Å². The summed E-state index contributed by atoms with van der Waals surface area (Å²) in [6.07, 6.45) is 0. The molecule has 0 spiro atoms. The van der Waals surface area contributed by atoms with Gasteiger partial charge in [-0.1, -0.05) is 0 Å². The van der Waals surface area contributed by atoms with Gasteiger partial charge in [0.15, 0.2) is 0 Å². The van der Waals surface area contributed by atoms with Crippen LogP contribution in [0.15, 0.2) is 48.5 Å². The third-order valence-electron chi connectivity index (χ3n) is 2.80. The number of benzene rings is 2. The number of hydrogen-bond donors (Lipinski definition) is 2. The number of amides is 1. The molecule has 0 aliphatic heterocycles. The van der Waals surface area contributed by atoms with Crippen LogP contribution in [0.1, 0.15) is 15.9 Å². The first-order chi connectivity index (χ1) is 10.1. The normalized spacial score (nSPS) is 9.95. The van der Waals surface area contributed by atoms with Gasteiger partial charge in [-0.15, -0.1) is 0 Å². The van der Waals surface area contributed by atoms with Gasteiger partial charge >= 0.3 is 0 Å². The van der Waals surface area contributed by atoms with E-state index in [0.29, 0.717) is 11.3 Å². The van der Waals surface area contributed by atoms with Crippen molar-refractivity contribution in [2.45, 2.75) is 6.61 Å². The Kier molecular flexibility index (Phi) is 4.47. The van der Waals surface area contributed by atoms with Crippen LogP contribution in [0, 0.1) is 10.1 Å². The summed E-state index contributed by atoms with van der Waals surface area (Å²) in [6.45, 7) is 0.278. The van der Waals surface area contributed by atoms with Gasteiger partial charge in [0.1, 0.15) is 12.4 Å². The summed E-state index contributed by atoms with van der Waals surface area (Å²) < 4.78 is 5.53. The molecule has 3 N–H and O–H groups in total. The fourth-order valence-electron chi connectivity index (χ4n) is 1.67. The maximum atomic E-state index is 11.3. The molecule has 21 heavy (non-hydrogen) atoms. The molecular formula is C14H13N3O4. The summed E-state index contributed by atoms with van der Waals surface area (Å²) in [7, 11) is 0. The molecule has 0 atom stereocenters. The van der Waals surface area contributed by atoms with E-state index in [1.807, 2.05) is 5.43 Å². The molecule has 7 heteroatoms. The molecule has 0 unspecified atom stereocenters. The third-order valence-corrected chi connectivity index (χ3v) is 2.80. The minimum absolute atomic E-state index is 0.0379. The van der Waals surface area contributed by atoms with E-state index >= 15 is 0 Å². The van der Waals surface area contributed by atoms with Gasteiger partial charge in [0.25, 0.3) is 11.6 Å². The monoisotopic (exact) mass is 287 g/mol. The molecule has 0 heterocycles. The maximum Gasteiger partial charge on any atom is 0.269 e. The van der Waals surface area contributed by atoms with Gasteiger partial charge in [-0.25, -0.2) is 5.84 Å². The van der Waals surface area contributed by atoms with Crippen LogP contribution in [0.4, 0.5) is 5.69 Å². The van der Waals surface area contributed by atoms with Crippen molar-refractivity contribution in [1.82, 2.24) is 5.43 Å². The minimum atomic E-state index is -0.453. The van der Waals surface area contributed by atoms with Crippen molar-refractivity contribution < 1.29 is 14.5 Å². The van der Waals surface area contributed by atoms with Crippen LogP contribution in [0.25, 0.3) is 0 Å². The standard InChI is InChI=1S/C14H13N3O4/c15-16-14(18)11-3-7-13(8-4-11)21-9-10-1-5-12(6-2-10)17(19)20/h1-8H,9,15H2,(H,16,18). The summed E-state index contributed by atoms with van der Waals surface area (Å²) in [5.41, 5.74) is 3.32. The Bertz CT molecular complexity index is 638. The first-order valence-electron chi connectivity index (χ1n) is 6.07. The molecule has 0 aliphatic carbocycles. The number of nitro groups is 1. The summed E-state index contributed by atoms with van der Waals surface area (Å²) in [5, 5.41) is 10.5. The zero-order chi connectivity index (χ0) is 15.2. The first kappa shape index (κ1) is 14.5. The zero-order valence-electron chi connectivity index (χ0n) is 11.0. The van der Waals surface area contributed by atoms with E-state index in [4.69, 9.17) is 10.6 Å². The van der Waals surface area contributed by atoms with Crippen molar-refractivity contribution in [3.05, 3.63) is 69.8 Å². The molecule has 0 saturated carbocycles. The Morgan fingerprint density at radius 3 is 2.29 bits per heavy atom. The highest BCUT2D eigenvalue weighted by Crippen LogP contribution is 2.16. The fraction of sp³-hybridized carbons (Fsp3) is 0.0714. The predicted molar refractivity (Wildman–Crippen MR) is 75.5 cm³/mol. The van der Waals surface area contributed by atoms with E-state index in [0.717, 1.165) is 5.56 Å². The van der Waals surface area contributed by atoms with Gasteiger partial charge in [-0.2, -0.15) is 0 Å². The van der Waals surface area contributed by atoms with Crippen molar-refractivity contribution in [3.8, 4) is 5.75 Å². The lowest BCUT2D eigenvalue weighted by atomic mass is 10.2. The maximum absolute atomic E-state index is 11.3. The number of carbonyl (C=O) groups excluding carboxylic acids is 1. The number of nitrogen functional groups attached to an aromatic ring is 1. The first-order valence-corrected chi connectivity index (χ1v) is 6.07. The molecule has 2 aromatic carbocycles. The van der Waals surface area contributed by atoms with E-state index in [-0.39, 0.29) is 18.2 Å². The molecule has 0 radical (unpaired) electrons. The van der Waals surface area contributed by atoms with E-state index < -0.39 is 4.92 Å². The quantitative estimate of drug-likeness (QED) is 0.377. The van der Waals surface area contributed by atoms with Crippen molar-refractivity contribution >= 4 is 11.6 Å². The van der Waals surface area contributed by atoms with Crippen molar-refractivity contribution in [2.75, 3.05) is 0 Å². The summed E-state index contributed by atoms with van der Waals surface area (Å²) in [4.78, 5) is 21.3. The van der Waals surface area contributed by atoms with Crippen LogP contribution < -0.4 is 16.0 Å². The van der Waals surface area contributed by atoms with Crippen LogP contribution in [0.5, 0.6) is 5.75 Å². The van der Waals surface area contributed by atoms with Crippen molar-refractivity contribution in [1.29, 1.82) is 0 Å². The summed E-state index contributed by atoms with van der Waals surface area (Å²) in [6, 6.07) is 12.6. The van der Waals surface area contributed by atoms with E-state index in [1.165, 1.54) is 12.1 Å². The number of nitrogens with zero attached hydrogens (tertiary/aromatic N) is 1. The third kappa shape index (κ3) is 3.77. The van der Waals surface area contributed by atoms with Crippen molar-refractivity contribution in [2.24, 2.45) is 5.84 Å². The number of nitrogens with two attached hydrogens (primary N) is 1. The Labute approximate surface area is 120 Å². The van der Waals surface area contributed by atoms with E-state index in [1.54, 1.807) is 36.4 Å². The SMILES string of the molecule is NNC(=O)c1ccc(OCc2ccc([N+](=O)[O-])cc2)cc1. The molecule has 0 bridgehead atoms. The minimum Gasteiger partial charge on any atom is -0.489 e. The highest BCUT2D eigenvalue weighted by atomic mass is 16.6. The second kappa shape index (κ2) is 6.49. The van der Waals surface area contributed by atoms with Gasteiger partial charge in [-0.3, -0.25) is 20.3 Å². The smallest absolute Gasteiger partial charge is 0.269 e. The van der Waals surface area contributed by atoms with Gasteiger partial charge in [-0.05, 0) is 42.0 Å². The van der Waals surface area contributed by atoms with Crippen LogP contribution >= 0.6 is 0 Å². The number of nitrogens with one attached hydrogen (secondary N) is 1. The lowest BCUT2D eigenvalue weighted by Gasteiger charge is -2.07. The summed E-state index contributed by atoms with van der Waals surface area (Å²) in [5.74, 6) is 5.24. The lowest BCUT2D eigenvalue weighted by molar-refractivity contribution is -0.384. The molecule has 2 rings (SSSR count). The fourth-order valence-corrected chi connectivity index (χ4v) is 1.67. The van der Waals surface area contributed by atoms with Crippen LogP contribution in [-0.4, -0.2) is 10.8 Å². The molecule has 2 aromatic rings. The average Bonchev–Trinajstić information content (AvgIpc) is 2.53. The van der Waals surface area contributed by atoms with E-state index in [2.05, 4.69) is 0 Å². The number of non-ortho nitro benzene ring substituents is 1. The molecule has 0 aromatic heterocycles. The van der Waals surface area contributed by atoms with Gasteiger partial charge in [0.2, 0.25) is 0 Å². The zero-order valence-corrected chi connectivity index (χ0v) is 11.0.